The Bertz CT molecular complexity index is 805. The van der Waals surface area contributed by atoms with Crippen LogP contribution in [0.5, 0.6) is 0 Å². The largest absolute Gasteiger partial charge is 0.348 e. The number of carbonyl (C=O) groups excluding carboxylic acids is 2. The molecule has 0 bridgehead atoms. The van der Waals surface area contributed by atoms with Gasteiger partial charge in [0, 0.05) is 25.7 Å². The van der Waals surface area contributed by atoms with Gasteiger partial charge in [0.2, 0.25) is 10.0 Å². The highest BCUT2D eigenvalue weighted by Gasteiger charge is 2.36. The Morgan fingerprint density at radius 2 is 1.85 bits per heavy atom. The number of carbonyl (C=O) groups is 2. The maximum Gasteiger partial charge on any atom is 0.309 e. The highest BCUT2D eigenvalue weighted by atomic mass is 32.2. The van der Waals surface area contributed by atoms with E-state index in [9.17, 15) is 18.0 Å². The Hall–Kier alpha value is -1.93. The average molecular weight is 396 g/mol. The summed E-state index contributed by atoms with van der Waals surface area (Å²) in [5.74, 6) is -1.17. The van der Waals surface area contributed by atoms with Gasteiger partial charge in [-0.2, -0.15) is 4.31 Å². The maximum atomic E-state index is 13.1. The van der Waals surface area contributed by atoms with Crippen molar-refractivity contribution in [1.29, 1.82) is 0 Å². The molecule has 1 aromatic rings. The number of benzene rings is 1. The molecular formula is C19H29N3O4S. The van der Waals surface area contributed by atoms with Crippen molar-refractivity contribution in [3.8, 4) is 0 Å². The predicted molar refractivity (Wildman–Crippen MR) is 104 cm³/mol. The summed E-state index contributed by atoms with van der Waals surface area (Å²) in [6, 6.07) is 5.01. The monoisotopic (exact) mass is 395 g/mol. The minimum Gasteiger partial charge on any atom is -0.348 e. The van der Waals surface area contributed by atoms with Crippen LogP contribution in [0, 0.1) is 19.8 Å². The highest BCUT2D eigenvalue weighted by Crippen LogP contribution is 2.28. The van der Waals surface area contributed by atoms with E-state index in [1.165, 1.54) is 4.31 Å². The molecule has 1 aromatic carbocycles. The molecule has 2 amide bonds. The molecule has 8 heteroatoms. The third-order valence-electron chi connectivity index (χ3n) is 4.63. The van der Waals surface area contributed by atoms with E-state index in [1.54, 1.807) is 19.1 Å². The van der Waals surface area contributed by atoms with Gasteiger partial charge in [-0.05, 0) is 49.8 Å². The lowest BCUT2D eigenvalue weighted by Crippen LogP contribution is -2.47. The van der Waals surface area contributed by atoms with Gasteiger partial charge in [-0.3, -0.25) is 9.59 Å². The minimum atomic E-state index is -3.65. The van der Waals surface area contributed by atoms with Crippen LogP contribution in [-0.4, -0.2) is 50.2 Å². The molecule has 0 aliphatic carbocycles. The van der Waals surface area contributed by atoms with Crippen molar-refractivity contribution in [2.45, 2.75) is 51.5 Å². The maximum absolute atomic E-state index is 13.1. The Balaban J connectivity index is 2.05. The lowest BCUT2D eigenvalue weighted by atomic mass is 10.2. The van der Waals surface area contributed by atoms with Gasteiger partial charge in [0.1, 0.15) is 0 Å². The molecule has 0 unspecified atom stereocenters. The summed E-state index contributed by atoms with van der Waals surface area (Å²) in [4.78, 5) is 24.0. The van der Waals surface area contributed by atoms with Gasteiger partial charge in [0.25, 0.3) is 0 Å². The molecule has 1 aliphatic rings. The fourth-order valence-corrected chi connectivity index (χ4v) is 5.11. The number of sulfonamides is 1. The number of aryl methyl sites for hydroxylation is 2. The van der Waals surface area contributed by atoms with E-state index in [2.05, 4.69) is 10.6 Å². The van der Waals surface area contributed by atoms with E-state index in [4.69, 9.17) is 0 Å². The number of hydrogen-bond acceptors (Lipinski definition) is 4. The van der Waals surface area contributed by atoms with Crippen LogP contribution in [0.25, 0.3) is 0 Å². The first-order valence-electron chi connectivity index (χ1n) is 9.28. The summed E-state index contributed by atoms with van der Waals surface area (Å²) >= 11 is 0. The molecule has 2 N–H and O–H groups in total. The molecule has 0 saturated carbocycles. The molecule has 0 aromatic heterocycles. The van der Waals surface area contributed by atoms with Crippen LogP contribution in [0.1, 0.15) is 37.8 Å². The van der Waals surface area contributed by atoms with Crippen molar-refractivity contribution >= 4 is 21.8 Å². The molecule has 1 heterocycles. The van der Waals surface area contributed by atoms with Crippen molar-refractivity contribution in [3.05, 3.63) is 29.3 Å². The Morgan fingerprint density at radius 3 is 2.52 bits per heavy atom. The van der Waals surface area contributed by atoms with E-state index in [-0.39, 0.29) is 18.5 Å². The SMILES string of the molecule is Cc1ccc(C)c(S(=O)(=O)N2CCC[C@H]2CNC(=O)C(=O)NCC(C)C)c1. The molecule has 0 radical (unpaired) electrons. The summed E-state index contributed by atoms with van der Waals surface area (Å²) in [6.45, 7) is 8.46. The zero-order chi connectivity index (χ0) is 20.2. The van der Waals surface area contributed by atoms with Crippen molar-refractivity contribution in [3.63, 3.8) is 0 Å². The lowest BCUT2D eigenvalue weighted by molar-refractivity contribution is -0.139. The average Bonchev–Trinajstić information content (AvgIpc) is 3.08. The number of amides is 2. The van der Waals surface area contributed by atoms with E-state index in [0.29, 0.717) is 30.0 Å². The zero-order valence-electron chi connectivity index (χ0n) is 16.4. The predicted octanol–water partition coefficient (Wildman–Crippen LogP) is 1.34. The normalized spacial score (nSPS) is 17.9. The lowest BCUT2D eigenvalue weighted by Gasteiger charge is -2.25. The first kappa shape index (κ1) is 21.4. The third-order valence-corrected chi connectivity index (χ3v) is 6.72. The molecule has 2 rings (SSSR count). The van der Waals surface area contributed by atoms with Crippen LogP contribution in [0.2, 0.25) is 0 Å². The van der Waals surface area contributed by atoms with Crippen LogP contribution in [0.3, 0.4) is 0 Å². The van der Waals surface area contributed by atoms with Gasteiger partial charge in [-0.15, -0.1) is 0 Å². The van der Waals surface area contributed by atoms with Gasteiger partial charge in [-0.1, -0.05) is 26.0 Å². The summed E-state index contributed by atoms with van der Waals surface area (Å²) < 4.78 is 27.7. The van der Waals surface area contributed by atoms with Crippen LogP contribution >= 0.6 is 0 Å². The van der Waals surface area contributed by atoms with E-state index < -0.39 is 21.8 Å². The Labute approximate surface area is 161 Å². The number of nitrogens with one attached hydrogen (secondary N) is 2. The Kier molecular flexibility index (Phi) is 7.00. The van der Waals surface area contributed by atoms with Gasteiger partial charge in [0.15, 0.2) is 0 Å². The van der Waals surface area contributed by atoms with Crippen molar-refractivity contribution in [1.82, 2.24) is 14.9 Å². The molecule has 1 atom stereocenters. The van der Waals surface area contributed by atoms with Crippen LogP contribution in [0.15, 0.2) is 23.1 Å². The molecule has 150 valence electrons. The smallest absolute Gasteiger partial charge is 0.309 e. The van der Waals surface area contributed by atoms with E-state index in [1.807, 2.05) is 26.8 Å². The minimum absolute atomic E-state index is 0.123. The van der Waals surface area contributed by atoms with E-state index >= 15 is 0 Å². The molecule has 0 spiro atoms. The summed E-state index contributed by atoms with van der Waals surface area (Å²) in [6.07, 6.45) is 1.38. The topological polar surface area (TPSA) is 95.6 Å². The first-order valence-corrected chi connectivity index (χ1v) is 10.7. The van der Waals surface area contributed by atoms with Gasteiger partial charge in [-0.25, -0.2) is 8.42 Å². The number of rotatable bonds is 6. The van der Waals surface area contributed by atoms with Crippen molar-refractivity contribution in [2.75, 3.05) is 19.6 Å². The van der Waals surface area contributed by atoms with Crippen LogP contribution in [-0.2, 0) is 19.6 Å². The second-order valence-corrected chi connectivity index (χ2v) is 9.35. The fraction of sp³-hybridized carbons (Fsp3) is 0.579. The molecule has 7 nitrogen and oxygen atoms in total. The van der Waals surface area contributed by atoms with Gasteiger partial charge in [0.05, 0.1) is 4.90 Å². The van der Waals surface area contributed by atoms with Crippen LogP contribution in [0.4, 0.5) is 0 Å². The third kappa shape index (κ3) is 5.29. The first-order chi connectivity index (χ1) is 12.6. The second-order valence-electron chi connectivity index (χ2n) is 7.49. The fourth-order valence-electron chi connectivity index (χ4n) is 3.11. The van der Waals surface area contributed by atoms with Crippen LogP contribution < -0.4 is 10.6 Å². The molecule has 27 heavy (non-hydrogen) atoms. The summed E-state index contributed by atoms with van der Waals surface area (Å²) in [5, 5.41) is 5.13. The number of hydrogen-bond donors (Lipinski definition) is 2. The second kappa shape index (κ2) is 8.84. The molecule has 1 saturated heterocycles. The summed E-state index contributed by atoms with van der Waals surface area (Å²) in [7, 11) is -3.65. The molecule has 1 aliphatic heterocycles. The molecule has 1 fully saturated rings. The van der Waals surface area contributed by atoms with Gasteiger partial charge < -0.3 is 10.6 Å². The van der Waals surface area contributed by atoms with Gasteiger partial charge >= 0.3 is 11.8 Å². The standard InChI is InChI=1S/C19H29N3O4S/c1-13(2)11-20-18(23)19(24)21-12-16-6-5-9-22(16)27(25,26)17-10-14(3)7-8-15(17)4/h7-8,10,13,16H,5-6,9,11-12H2,1-4H3,(H,20,23)(H,21,24)/t16-/m0/s1. The van der Waals surface area contributed by atoms with Crippen molar-refractivity contribution in [2.24, 2.45) is 5.92 Å². The van der Waals surface area contributed by atoms with E-state index in [0.717, 1.165) is 12.0 Å². The quantitative estimate of drug-likeness (QED) is 0.711. The highest BCUT2D eigenvalue weighted by molar-refractivity contribution is 7.89. The zero-order valence-corrected chi connectivity index (χ0v) is 17.2. The summed E-state index contributed by atoms with van der Waals surface area (Å²) in [5.41, 5.74) is 1.58. The molecular weight excluding hydrogens is 366 g/mol. The van der Waals surface area contributed by atoms with Crippen molar-refractivity contribution < 1.29 is 18.0 Å². The number of nitrogens with zero attached hydrogens (tertiary/aromatic N) is 1. The Morgan fingerprint density at radius 1 is 1.19 bits per heavy atom.